The summed E-state index contributed by atoms with van der Waals surface area (Å²) in [7, 11) is 6.17. The number of thiophene rings is 1. The number of nitrogens with one attached hydrogen (secondary N) is 1. The van der Waals surface area contributed by atoms with E-state index in [4.69, 9.17) is 0 Å². The number of halogens is 1. The van der Waals surface area contributed by atoms with Gasteiger partial charge in [-0.05, 0) is 59.9 Å². The van der Waals surface area contributed by atoms with Crippen LogP contribution in [0.2, 0.25) is 0 Å². The summed E-state index contributed by atoms with van der Waals surface area (Å²) in [4.78, 5) is 3.59. The fraction of sp³-hybridized carbons (Fsp3) is 0.286. The van der Waals surface area contributed by atoms with Crippen LogP contribution in [-0.2, 0) is 0 Å². The van der Waals surface area contributed by atoms with E-state index in [1.54, 1.807) is 11.3 Å². The molecular formula is C14H17BrN2S. The quantitative estimate of drug-likeness (QED) is 0.906. The van der Waals surface area contributed by atoms with E-state index in [0.717, 1.165) is 5.69 Å². The minimum atomic E-state index is 0.312. The molecule has 2 nitrogen and oxygen atoms in total. The maximum absolute atomic E-state index is 3.53. The van der Waals surface area contributed by atoms with Gasteiger partial charge in [-0.15, -0.1) is 11.3 Å². The van der Waals surface area contributed by atoms with Gasteiger partial charge >= 0.3 is 0 Å². The molecule has 96 valence electrons. The summed E-state index contributed by atoms with van der Waals surface area (Å²) in [6, 6.07) is 13.2. The highest BCUT2D eigenvalue weighted by Gasteiger charge is 2.18. The fourth-order valence-corrected chi connectivity index (χ4v) is 3.67. The van der Waals surface area contributed by atoms with Crippen molar-refractivity contribution in [2.75, 3.05) is 26.5 Å². The summed E-state index contributed by atoms with van der Waals surface area (Å²) in [5, 5.41) is 3.15. The molecule has 0 spiro atoms. The Morgan fingerprint density at radius 3 is 2.22 bits per heavy atom. The minimum absolute atomic E-state index is 0.312. The Labute approximate surface area is 121 Å². The van der Waals surface area contributed by atoms with Crippen LogP contribution in [0.15, 0.2) is 40.2 Å². The molecule has 1 heterocycles. The number of hydrogen-bond donors (Lipinski definition) is 1. The van der Waals surface area contributed by atoms with Gasteiger partial charge in [0.25, 0.3) is 0 Å². The summed E-state index contributed by atoms with van der Waals surface area (Å²) in [6.45, 7) is 0. The van der Waals surface area contributed by atoms with E-state index in [2.05, 4.69) is 76.6 Å². The van der Waals surface area contributed by atoms with E-state index in [-0.39, 0.29) is 0 Å². The van der Waals surface area contributed by atoms with Crippen molar-refractivity contribution in [3.05, 3.63) is 50.6 Å². The molecule has 0 aliphatic heterocycles. The van der Waals surface area contributed by atoms with Crippen LogP contribution in [0, 0.1) is 0 Å². The van der Waals surface area contributed by atoms with Crippen molar-refractivity contribution in [2.45, 2.75) is 6.04 Å². The first kappa shape index (κ1) is 13.6. The maximum atomic E-state index is 3.53. The molecule has 2 rings (SSSR count). The lowest BCUT2D eigenvalue weighted by molar-refractivity contribution is 0.346. The number of nitrogens with zero attached hydrogens (tertiary/aromatic N) is 1. The molecule has 0 aliphatic carbocycles. The van der Waals surface area contributed by atoms with Crippen LogP contribution < -0.4 is 5.32 Å². The van der Waals surface area contributed by atoms with Gasteiger partial charge in [-0.3, -0.25) is 4.90 Å². The second-order valence-corrected chi connectivity index (χ2v) is 6.87. The van der Waals surface area contributed by atoms with Crippen molar-refractivity contribution < 1.29 is 0 Å². The second-order valence-electron chi connectivity index (χ2n) is 4.38. The van der Waals surface area contributed by atoms with Crippen molar-refractivity contribution >= 4 is 33.0 Å². The van der Waals surface area contributed by atoms with Gasteiger partial charge in [0.1, 0.15) is 0 Å². The molecule has 1 aromatic heterocycles. The lowest BCUT2D eigenvalue weighted by atomic mass is 10.0. The highest BCUT2D eigenvalue weighted by molar-refractivity contribution is 9.11. The molecule has 0 fully saturated rings. The number of anilines is 1. The molecule has 0 radical (unpaired) electrons. The van der Waals surface area contributed by atoms with E-state index >= 15 is 0 Å². The minimum Gasteiger partial charge on any atom is -0.388 e. The lowest BCUT2D eigenvalue weighted by Gasteiger charge is -2.24. The standard InChI is InChI=1S/C14H17BrN2S/c1-16-11-6-4-10(5-7-11)14(17(2)3)12-8-9-13(15)18-12/h4-9,14,16H,1-3H3. The molecule has 18 heavy (non-hydrogen) atoms. The molecule has 0 aliphatic rings. The lowest BCUT2D eigenvalue weighted by Crippen LogP contribution is -2.20. The zero-order chi connectivity index (χ0) is 13.1. The molecular weight excluding hydrogens is 308 g/mol. The third-order valence-corrected chi connectivity index (χ3v) is 4.57. The summed E-state index contributed by atoms with van der Waals surface area (Å²) in [5.41, 5.74) is 2.46. The molecule has 4 heteroatoms. The summed E-state index contributed by atoms with van der Waals surface area (Å²) in [6.07, 6.45) is 0. The number of hydrogen-bond acceptors (Lipinski definition) is 3. The van der Waals surface area contributed by atoms with E-state index in [1.807, 2.05) is 7.05 Å². The van der Waals surface area contributed by atoms with Crippen LogP contribution in [0.25, 0.3) is 0 Å². The Bertz CT molecular complexity index is 505. The number of rotatable bonds is 4. The normalized spacial score (nSPS) is 12.7. The highest BCUT2D eigenvalue weighted by Crippen LogP contribution is 2.34. The van der Waals surface area contributed by atoms with E-state index in [9.17, 15) is 0 Å². The van der Waals surface area contributed by atoms with Crippen LogP contribution in [0.1, 0.15) is 16.5 Å². The molecule has 1 aromatic carbocycles. The van der Waals surface area contributed by atoms with E-state index < -0.39 is 0 Å². The van der Waals surface area contributed by atoms with E-state index in [0.29, 0.717) is 6.04 Å². The molecule has 0 bridgehead atoms. The molecule has 0 saturated carbocycles. The molecule has 1 N–H and O–H groups in total. The summed E-state index contributed by atoms with van der Waals surface area (Å²) >= 11 is 5.32. The zero-order valence-electron chi connectivity index (χ0n) is 10.8. The van der Waals surface area contributed by atoms with Gasteiger partial charge in [0.2, 0.25) is 0 Å². The van der Waals surface area contributed by atoms with E-state index in [1.165, 1.54) is 14.2 Å². The predicted molar refractivity (Wildman–Crippen MR) is 83.5 cm³/mol. The average Bonchev–Trinajstić information content (AvgIpc) is 2.76. The molecule has 1 unspecified atom stereocenters. The third kappa shape index (κ3) is 2.94. The van der Waals surface area contributed by atoms with Crippen molar-refractivity contribution in [3.63, 3.8) is 0 Å². The van der Waals surface area contributed by atoms with Crippen LogP contribution >= 0.6 is 27.3 Å². The zero-order valence-corrected chi connectivity index (χ0v) is 13.2. The smallest absolute Gasteiger partial charge is 0.0702 e. The van der Waals surface area contributed by atoms with Crippen molar-refractivity contribution in [1.82, 2.24) is 4.90 Å². The van der Waals surface area contributed by atoms with Gasteiger partial charge in [0.05, 0.1) is 9.83 Å². The SMILES string of the molecule is CNc1ccc(C(c2ccc(Br)s2)N(C)C)cc1. The molecule has 0 saturated heterocycles. The number of benzene rings is 1. The monoisotopic (exact) mass is 324 g/mol. The largest absolute Gasteiger partial charge is 0.388 e. The van der Waals surface area contributed by atoms with Gasteiger partial charge in [0.15, 0.2) is 0 Å². The molecule has 1 atom stereocenters. The summed E-state index contributed by atoms with van der Waals surface area (Å²) in [5.74, 6) is 0. The Balaban J connectivity index is 2.35. The third-order valence-electron chi connectivity index (χ3n) is 2.89. The Hall–Kier alpha value is -0.840. The first-order valence-corrected chi connectivity index (χ1v) is 7.42. The fourth-order valence-electron chi connectivity index (χ4n) is 2.02. The second kappa shape index (κ2) is 5.87. The average molecular weight is 325 g/mol. The first-order chi connectivity index (χ1) is 8.61. The van der Waals surface area contributed by atoms with Gasteiger partial charge in [-0.2, -0.15) is 0 Å². The van der Waals surface area contributed by atoms with Gasteiger partial charge < -0.3 is 5.32 Å². The topological polar surface area (TPSA) is 15.3 Å². The van der Waals surface area contributed by atoms with Gasteiger partial charge in [-0.25, -0.2) is 0 Å². The highest BCUT2D eigenvalue weighted by atomic mass is 79.9. The van der Waals surface area contributed by atoms with Crippen LogP contribution in [0.4, 0.5) is 5.69 Å². The van der Waals surface area contributed by atoms with Crippen molar-refractivity contribution in [1.29, 1.82) is 0 Å². The Morgan fingerprint density at radius 1 is 1.11 bits per heavy atom. The van der Waals surface area contributed by atoms with Crippen LogP contribution in [0.5, 0.6) is 0 Å². The summed E-state index contributed by atoms with van der Waals surface area (Å²) < 4.78 is 1.18. The van der Waals surface area contributed by atoms with Gasteiger partial charge in [-0.1, -0.05) is 12.1 Å². The Kier molecular flexibility index (Phi) is 4.43. The maximum Gasteiger partial charge on any atom is 0.0702 e. The van der Waals surface area contributed by atoms with Crippen LogP contribution in [-0.4, -0.2) is 26.0 Å². The first-order valence-electron chi connectivity index (χ1n) is 5.81. The predicted octanol–water partition coefficient (Wildman–Crippen LogP) is 4.20. The van der Waals surface area contributed by atoms with Crippen molar-refractivity contribution in [3.8, 4) is 0 Å². The van der Waals surface area contributed by atoms with Gasteiger partial charge in [0, 0.05) is 17.6 Å². The van der Waals surface area contributed by atoms with Crippen LogP contribution in [0.3, 0.4) is 0 Å². The van der Waals surface area contributed by atoms with Crippen molar-refractivity contribution in [2.24, 2.45) is 0 Å². The Morgan fingerprint density at radius 2 is 1.78 bits per heavy atom. The molecule has 2 aromatic rings. The molecule has 0 amide bonds.